The van der Waals surface area contributed by atoms with E-state index in [9.17, 15) is 19.2 Å². The molecule has 142 valence electrons. The van der Waals surface area contributed by atoms with Gasteiger partial charge in [-0.3, -0.25) is 9.59 Å². The first-order valence-corrected chi connectivity index (χ1v) is 8.21. The molecule has 0 aliphatic rings. The zero-order valence-corrected chi connectivity index (χ0v) is 15.4. The van der Waals surface area contributed by atoms with Gasteiger partial charge in [-0.2, -0.15) is 0 Å². The van der Waals surface area contributed by atoms with Gasteiger partial charge < -0.3 is 14.9 Å². The quantitative estimate of drug-likeness (QED) is 0.615. The van der Waals surface area contributed by atoms with Gasteiger partial charge >= 0.3 is 12.1 Å². The second-order valence-corrected chi connectivity index (χ2v) is 6.51. The number of hydrogen-bond acceptors (Lipinski definition) is 6. The summed E-state index contributed by atoms with van der Waals surface area (Å²) >= 11 is 0. The molecule has 0 saturated heterocycles. The zero-order valence-electron chi connectivity index (χ0n) is 15.4. The van der Waals surface area contributed by atoms with Gasteiger partial charge in [-0.05, 0) is 44.9 Å². The Kier molecular flexibility index (Phi) is 7.77. The fourth-order valence-corrected chi connectivity index (χ4v) is 1.84. The average molecular weight is 364 g/mol. The van der Waals surface area contributed by atoms with Crippen LogP contribution in [0.5, 0.6) is 0 Å². The summed E-state index contributed by atoms with van der Waals surface area (Å²) in [5, 5.41) is 2.99. The minimum absolute atomic E-state index is 0.0985. The molecule has 0 fully saturated rings. The van der Waals surface area contributed by atoms with E-state index < -0.39 is 23.6 Å². The molecule has 26 heavy (non-hydrogen) atoms. The molecule has 0 heterocycles. The largest absolute Gasteiger partial charge is 0.444 e. The highest BCUT2D eigenvalue weighted by atomic mass is 16.7. The van der Waals surface area contributed by atoms with Crippen LogP contribution in [0.25, 0.3) is 0 Å². The number of nitrogens with zero attached hydrogens (tertiary/aromatic N) is 1. The highest BCUT2D eigenvalue weighted by Crippen LogP contribution is 2.09. The first-order chi connectivity index (χ1) is 12.2. The summed E-state index contributed by atoms with van der Waals surface area (Å²) in [6, 6.07) is 6.18. The van der Waals surface area contributed by atoms with E-state index in [0.29, 0.717) is 11.5 Å². The summed E-state index contributed by atoms with van der Waals surface area (Å²) in [6.45, 7) is 7.29. The van der Waals surface area contributed by atoms with Crippen molar-refractivity contribution in [3.05, 3.63) is 35.4 Å². The number of hydroxylamine groups is 2. The number of benzene rings is 1. The lowest BCUT2D eigenvalue weighted by Crippen LogP contribution is -2.32. The Balaban J connectivity index is 2.60. The van der Waals surface area contributed by atoms with Crippen molar-refractivity contribution >= 4 is 24.4 Å². The maximum absolute atomic E-state index is 12.0. The monoisotopic (exact) mass is 364 g/mol. The molecule has 0 aromatic heterocycles. The molecule has 0 spiro atoms. The maximum Gasteiger partial charge on any atom is 0.407 e. The summed E-state index contributed by atoms with van der Waals surface area (Å²) in [5.74, 6) is -1.41. The highest BCUT2D eigenvalue weighted by molar-refractivity contribution is 5.92. The number of ether oxygens (including phenoxy) is 1. The summed E-state index contributed by atoms with van der Waals surface area (Å²) in [6.07, 6.45) is 0.244. The van der Waals surface area contributed by atoms with Crippen LogP contribution >= 0.6 is 0 Å². The number of nitrogens with one attached hydrogen (secondary N) is 1. The van der Waals surface area contributed by atoms with Crippen LogP contribution in [0.1, 0.15) is 56.5 Å². The number of imide groups is 1. The Morgan fingerprint density at radius 1 is 1.15 bits per heavy atom. The van der Waals surface area contributed by atoms with Crippen LogP contribution in [0.2, 0.25) is 0 Å². The van der Waals surface area contributed by atoms with Gasteiger partial charge in [-0.1, -0.05) is 19.1 Å². The third-order valence-electron chi connectivity index (χ3n) is 3.01. The van der Waals surface area contributed by atoms with Crippen molar-refractivity contribution in [3.63, 3.8) is 0 Å². The first-order valence-electron chi connectivity index (χ1n) is 8.21. The van der Waals surface area contributed by atoms with Crippen molar-refractivity contribution in [1.29, 1.82) is 0 Å². The molecule has 3 amide bonds. The summed E-state index contributed by atoms with van der Waals surface area (Å²) in [5.41, 5.74) is 0.320. The van der Waals surface area contributed by atoms with E-state index in [1.165, 1.54) is 12.1 Å². The number of rotatable bonds is 6. The molecule has 0 radical (unpaired) electrons. The van der Waals surface area contributed by atoms with Crippen molar-refractivity contribution < 1.29 is 28.8 Å². The maximum atomic E-state index is 12.0. The van der Waals surface area contributed by atoms with Gasteiger partial charge in [0.2, 0.25) is 0 Å². The van der Waals surface area contributed by atoms with E-state index >= 15 is 0 Å². The van der Waals surface area contributed by atoms with Crippen LogP contribution < -0.4 is 5.32 Å². The van der Waals surface area contributed by atoms with Crippen LogP contribution in [0.3, 0.4) is 0 Å². The molecular formula is C18H24N2O6. The first kappa shape index (κ1) is 21.1. The fraction of sp³-hybridized carbons (Fsp3) is 0.444. The Labute approximate surface area is 152 Å². The third-order valence-corrected chi connectivity index (χ3v) is 3.01. The lowest BCUT2D eigenvalue weighted by atomic mass is 10.1. The number of carbonyl (C=O) groups excluding carboxylic acids is 4. The van der Waals surface area contributed by atoms with Gasteiger partial charge in [-0.25, -0.2) is 9.59 Å². The number of carbonyl (C=O) groups is 4. The standard InChI is InChI=1S/C18H24N2O6/c1-5-6-15(22)20(12-21)26-16(23)14-9-7-13(8-10-14)11-19-17(24)25-18(2,3)4/h7-10,12H,5-6,11H2,1-4H3,(H,19,24). The normalized spacial score (nSPS) is 10.6. The van der Waals surface area contributed by atoms with E-state index in [1.54, 1.807) is 39.8 Å². The topological polar surface area (TPSA) is 102 Å². The third kappa shape index (κ3) is 7.33. The molecule has 1 aromatic rings. The van der Waals surface area contributed by atoms with Crippen LogP contribution in [0, 0.1) is 0 Å². The number of amides is 3. The number of hydrogen-bond donors (Lipinski definition) is 1. The average Bonchev–Trinajstić information content (AvgIpc) is 2.56. The van der Waals surface area contributed by atoms with E-state index in [2.05, 4.69) is 5.32 Å². The molecular weight excluding hydrogens is 340 g/mol. The Morgan fingerprint density at radius 2 is 1.77 bits per heavy atom. The van der Waals surface area contributed by atoms with Gasteiger partial charge in [0.15, 0.2) is 0 Å². The molecule has 0 aliphatic carbocycles. The summed E-state index contributed by atoms with van der Waals surface area (Å²) < 4.78 is 5.13. The van der Waals surface area contributed by atoms with Crippen molar-refractivity contribution in [2.75, 3.05) is 0 Å². The predicted octanol–water partition coefficient (Wildman–Crippen LogP) is 2.57. The van der Waals surface area contributed by atoms with Crippen LogP contribution in [-0.4, -0.2) is 35.0 Å². The molecule has 1 rings (SSSR count). The Hall–Kier alpha value is -2.90. The lowest BCUT2D eigenvalue weighted by molar-refractivity contribution is -0.171. The van der Waals surface area contributed by atoms with Crippen LogP contribution in [0.15, 0.2) is 24.3 Å². The van der Waals surface area contributed by atoms with E-state index in [-0.39, 0.29) is 24.9 Å². The minimum atomic E-state index is -0.826. The van der Waals surface area contributed by atoms with Gasteiger partial charge in [0, 0.05) is 13.0 Å². The van der Waals surface area contributed by atoms with Crippen molar-refractivity contribution in [3.8, 4) is 0 Å². The predicted molar refractivity (Wildman–Crippen MR) is 92.7 cm³/mol. The Morgan fingerprint density at radius 3 is 2.27 bits per heavy atom. The molecule has 0 saturated carbocycles. The second-order valence-electron chi connectivity index (χ2n) is 6.51. The molecule has 0 bridgehead atoms. The van der Waals surface area contributed by atoms with E-state index in [0.717, 1.165) is 5.56 Å². The van der Waals surface area contributed by atoms with E-state index in [4.69, 9.17) is 9.57 Å². The highest BCUT2D eigenvalue weighted by Gasteiger charge is 2.19. The van der Waals surface area contributed by atoms with Crippen molar-refractivity contribution in [2.45, 2.75) is 52.7 Å². The molecule has 1 aromatic carbocycles. The second kappa shape index (κ2) is 9.55. The fourth-order valence-electron chi connectivity index (χ4n) is 1.84. The smallest absolute Gasteiger partial charge is 0.407 e. The lowest BCUT2D eigenvalue weighted by Gasteiger charge is -2.19. The molecule has 0 aliphatic heterocycles. The molecule has 8 heteroatoms. The zero-order chi connectivity index (χ0) is 19.7. The van der Waals surface area contributed by atoms with Crippen molar-refractivity contribution in [2.24, 2.45) is 0 Å². The molecule has 8 nitrogen and oxygen atoms in total. The van der Waals surface area contributed by atoms with Gasteiger partial charge in [0.1, 0.15) is 5.60 Å². The van der Waals surface area contributed by atoms with Crippen LogP contribution in [0.4, 0.5) is 4.79 Å². The Bertz CT molecular complexity index is 649. The van der Waals surface area contributed by atoms with Gasteiger partial charge in [0.05, 0.1) is 5.56 Å². The molecule has 1 N–H and O–H groups in total. The summed E-state index contributed by atoms with van der Waals surface area (Å²) in [7, 11) is 0. The van der Waals surface area contributed by atoms with Crippen molar-refractivity contribution in [1.82, 2.24) is 10.4 Å². The van der Waals surface area contributed by atoms with Crippen LogP contribution in [-0.2, 0) is 25.7 Å². The van der Waals surface area contributed by atoms with Gasteiger partial charge in [-0.15, -0.1) is 5.06 Å². The summed E-state index contributed by atoms with van der Waals surface area (Å²) in [4.78, 5) is 50.8. The number of alkyl carbamates (subject to hydrolysis) is 1. The molecule has 0 unspecified atom stereocenters. The SMILES string of the molecule is CCCC(=O)N(C=O)OC(=O)c1ccc(CNC(=O)OC(C)(C)C)cc1. The minimum Gasteiger partial charge on any atom is -0.444 e. The molecule has 0 atom stereocenters. The van der Waals surface area contributed by atoms with Gasteiger partial charge in [0.25, 0.3) is 12.3 Å². The van der Waals surface area contributed by atoms with E-state index in [1.807, 2.05) is 0 Å².